The monoisotopic (exact) mass is 377 g/mol. The van der Waals surface area contributed by atoms with Crippen LogP contribution in [0, 0.1) is 28.6 Å². The van der Waals surface area contributed by atoms with Crippen molar-refractivity contribution in [3.63, 3.8) is 0 Å². The topological polar surface area (TPSA) is 39.2 Å². The highest BCUT2D eigenvalue weighted by atomic mass is 16.5. The lowest BCUT2D eigenvalue weighted by atomic mass is 9.47. The fraction of sp³-hybridized carbons (Fsp3) is 0.680. The van der Waals surface area contributed by atoms with Gasteiger partial charge in [-0.2, -0.15) is 0 Å². The van der Waals surface area contributed by atoms with Crippen molar-refractivity contribution in [2.24, 2.45) is 28.6 Å². The molecule has 5 aliphatic rings. The Morgan fingerprint density at radius 3 is 2.86 bits per heavy atom. The smallest absolute Gasteiger partial charge is 0.141 e. The third kappa shape index (κ3) is 2.01. The van der Waals surface area contributed by atoms with E-state index in [-0.39, 0.29) is 16.4 Å². The molecular formula is C25H31NO2. The molecule has 1 aromatic heterocycles. The zero-order valence-electron chi connectivity index (χ0n) is 17.2. The van der Waals surface area contributed by atoms with Gasteiger partial charge in [0.1, 0.15) is 17.1 Å². The minimum atomic E-state index is -0.0489. The molecule has 1 spiro atoms. The number of carbonyl (C=O) groups excluding carboxylic acids is 1. The van der Waals surface area contributed by atoms with Crippen LogP contribution < -0.4 is 4.74 Å². The molecule has 0 aromatic carbocycles. The van der Waals surface area contributed by atoms with Gasteiger partial charge in [0.05, 0.1) is 5.69 Å². The van der Waals surface area contributed by atoms with Crippen molar-refractivity contribution in [2.45, 2.75) is 77.2 Å². The molecule has 6 atom stereocenters. The molecule has 1 aliphatic heterocycles. The quantitative estimate of drug-likeness (QED) is 0.577. The maximum Gasteiger partial charge on any atom is 0.141 e. The first-order chi connectivity index (χ1) is 13.5. The van der Waals surface area contributed by atoms with Gasteiger partial charge in [0.25, 0.3) is 0 Å². The van der Waals surface area contributed by atoms with Crippen molar-refractivity contribution in [3.05, 3.63) is 35.7 Å². The highest BCUT2D eigenvalue weighted by Crippen LogP contribution is 2.69. The van der Waals surface area contributed by atoms with Crippen LogP contribution in [0.4, 0.5) is 0 Å². The molecule has 148 valence electrons. The van der Waals surface area contributed by atoms with Crippen LogP contribution >= 0.6 is 0 Å². The number of aromatic nitrogens is 1. The highest BCUT2D eigenvalue weighted by Gasteiger charge is 2.66. The van der Waals surface area contributed by atoms with Gasteiger partial charge in [-0.25, -0.2) is 0 Å². The summed E-state index contributed by atoms with van der Waals surface area (Å²) in [6.45, 7) is 5.00. The number of fused-ring (bicyclic) bond motifs is 7. The van der Waals surface area contributed by atoms with Crippen molar-refractivity contribution < 1.29 is 9.53 Å². The molecular weight excluding hydrogens is 346 g/mol. The van der Waals surface area contributed by atoms with Crippen molar-refractivity contribution in [1.29, 1.82) is 0 Å². The van der Waals surface area contributed by atoms with Crippen LogP contribution in [-0.2, 0) is 11.2 Å². The fourth-order valence-corrected chi connectivity index (χ4v) is 8.19. The lowest BCUT2D eigenvalue weighted by Crippen LogP contribution is -2.56. The van der Waals surface area contributed by atoms with Gasteiger partial charge >= 0.3 is 0 Å². The number of ether oxygens (including phenoxy) is 1. The van der Waals surface area contributed by atoms with E-state index in [1.54, 1.807) is 0 Å². The number of rotatable bonds is 0. The van der Waals surface area contributed by atoms with Gasteiger partial charge in [-0.05, 0) is 73.8 Å². The Balaban J connectivity index is 1.35. The Morgan fingerprint density at radius 2 is 2.00 bits per heavy atom. The molecule has 0 bridgehead atoms. The Bertz CT molecular complexity index is 863. The molecule has 0 radical (unpaired) electrons. The van der Waals surface area contributed by atoms with E-state index >= 15 is 0 Å². The van der Waals surface area contributed by atoms with E-state index in [0.717, 1.165) is 54.9 Å². The predicted molar refractivity (Wildman–Crippen MR) is 108 cm³/mol. The molecule has 3 fully saturated rings. The second kappa shape index (κ2) is 5.49. The summed E-state index contributed by atoms with van der Waals surface area (Å²) in [6.07, 6.45) is 14.1. The summed E-state index contributed by atoms with van der Waals surface area (Å²) in [5, 5.41) is 0. The first-order valence-electron chi connectivity index (χ1n) is 11.3. The molecule has 3 heteroatoms. The molecule has 3 saturated carbocycles. The van der Waals surface area contributed by atoms with Crippen LogP contribution in [0.25, 0.3) is 0 Å². The van der Waals surface area contributed by atoms with Crippen LogP contribution in [0.15, 0.2) is 30.0 Å². The number of hydrogen-bond donors (Lipinski definition) is 0. The normalized spacial score (nSPS) is 46.3. The van der Waals surface area contributed by atoms with E-state index in [9.17, 15) is 4.79 Å². The van der Waals surface area contributed by atoms with E-state index in [4.69, 9.17) is 4.74 Å². The second-order valence-corrected chi connectivity index (χ2v) is 10.7. The van der Waals surface area contributed by atoms with Crippen LogP contribution in [0.2, 0.25) is 0 Å². The molecule has 0 amide bonds. The second-order valence-electron chi connectivity index (χ2n) is 10.7. The van der Waals surface area contributed by atoms with E-state index < -0.39 is 0 Å². The molecule has 1 aromatic rings. The minimum absolute atomic E-state index is 0.0489. The first kappa shape index (κ1) is 17.2. The SMILES string of the molecule is C[C@]12CCC(=O)CC1=CC[C@@H]1[C@@H]2CC[C@@]2(C)[C@H]1CC[C@@]21Cc2ncccc2O1. The standard InChI is InChI=1S/C25H31NO2/c1-23-10-7-17(27)14-16(23)5-6-18-19(23)8-11-24(2)20(18)9-12-25(24)15-21-22(28-25)4-3-13-26-21/h3-5,13,18-20H,6-12,14-15H2,1-2H3/t18-,19+,20+,23+,24+,25-/m1/s1. The third-order valence-electron chi connectivity index (χ3n) is 9.83. The Kier molecular flexibility index (Phi) is 3.38. The first-order valence-corrected chi connectivity index (χ1v) is 11.3. The summed E-state index contributed by atoms with van der Waals surface area (Å²) in [7, 11) is 0. The highest BCUT2D eigenvalue weighted by molar-refractivity contribution is 5.82. The van der Waals surface area contributed by atoms with Crippen molar-refractivity contribution >= 4 is 5.78 Å². The van der Waals surface area contributed by atoms with Gasteiger partial charge in [0.2, 0.25) is 0 Å². The number of Topliss-reactive ketones (excluding diaryl/α,β-unsaturated/α-hetero) is 1. The van der Waals surface area contributed by atoms with Crippen molar-refractivity contribution in [2.75, 3.05) is 0 Å². The van der Waals surface area contributed by atoms with E-state index in [2.05, 4.69) is 31.0 Å². The largest absolute Gasteiger partial charge is 0.484 e. The van der Waals surface area contributed by atoms with Crippen LogP contribution in [0.3, 0.4) is 0 Å². The maximum atomic E-state index is 12.1. The molecule has 0 saturated heterocycles. The van der Waals surface area contributed by atoms with E-state index in [0.29, 0.717) is 5.78 Å². The van der Waals surface area contributed by atoms with Gasteiger partial charge in [0.15, 0.2) is 0 Å². The minimum Gasteiger partial charge on any atom is -0.484 e. The van der Waals surface area contributed by atoms with Crippen LogP contribution in [0.1, 0.15) is 70.9 Å². The average molecular weight is 378 g/mol. The van der Waals surface area contributed by atoms with Gasteiger partial charge in [-0.15, -0.1) is 0 Å². The number of nitrogens with zero attached hydrogens (tertiary/aromatic N) is 1. The molecule has 6 rings (SSSR count). The van der Waals surface area contributed by atoms with Crippen molar-refractivity contribution in [1.82, 2.24) is 4.98 Å². The molecule has 28 heavy (non-hydrogen) atoms. The van der Waals surface area contributed by atoms with Gasteiger partial charge in [-0.3, -0.25) is 9.78 Å². The van der Waals surface area contributed by atoms with Crippen molar-refractivity contribution in [3.8, 4) is 5.75 Å². The van der Waals surface area contributed by atoms with E-state index in [1.807, 2.05) is 12.3 Å². The van der Waals surface area contributed by atoms with Gasteiger partial charge < -0.3 is 4.74 Å². The number of hydrogen-bond acceptors (Lipinski definition) is 3. The Labute approximate surface area is 168 Å². The number of pyridine rings is 1. The molecule has 0 N–H and O–H groups in total. The molecule has 2 heterocycles. The lowest BCUT2D eigenvalue weighted by molar-refractivity contribution is -0.124. The predicted octanol–water partition coefficient (Wildman–Crippen LogP) is 5.29. The summed E-state index contributed by atoms with van der Waals surface area (Å²) in [4.78, 5) is 16.7. The van der Waals surface area contributed by atoms with Crippen LogP contribution in [0.5, 0.6) is 5.75 Å². The number of carbonyl (C=O) groups is 1. The maximum absolute atomic E-state index is 12.1. The summed E-state index contributed by atoms with van der Waals surface area (Å²) in [6, 6.07) is 4.11. The number of ketones is 1. The Hall–Kier alpha value is -1.64. The number of allylic oxidation sites excluding steroid dienone is 2. The molecule has 4 aliphatic carbocycles. The Morgan fingerprint density at radius 1 is 1.14 bits per heavy atom. The molecule has 0 unspecified atom stereocenters. The lowest BCUT2D eigenvalue weighted by Gasteiger charge is -2.58. The molecule has 3 nitrogen and oxygen atoms in total. The third-order valence-corrected chi connectivity index (χ3v) is 9.83. The summed E-state index contributed by atoms with van der Waals surface area (Å²) >= 11 is 0. The zero-order valence-corrected chi connectivity index (χ0v) is 17.2. The summed E-state index contributed by atoms with van der Waals surface area (Å²) in [5.41, 5.74) is 3.08. The fourth-order valence-electron chi connectivity index (χ4n) is 8.19. The van der Waals surface area contributed by atoms with Crippen LogP contribution in [-0.4, -0.2) is 16.4 Å². The van der Waals surface area contributed by atoms with E-state index in [1.165, 1.54) is 37.7 Å². The zero-order chi connectivity index (χ0) is 19.1. The van der Waals surface area contributed by atoms with Gasteiger partial charge in [-0.1, -0.05) is 25.5 Å². The van der Waals surface area contributed by atoms with Gasteiger partial charge in [0, 0.05) is 30.9 Å². The average Bonchev–Trinajstić information content (AvgIpc) is 3.20. The summed E-state index contributed by atoms with van der Waals surface area (Å²) in [5.74, 6) is 3.70. The summed E-state index contributed by atoms with van der Waals surface area (Å²) < 4.78 is 6.73.